The van der Waals surface area contributed by atoms with Crippen LogP contribution in [0.1, 0.15) is 5.69 Å². The van der Waals surface area contributed by atoms with Crippen molar-refractivity contribution >= 4 is 5.82 Å². The van der Waals surface area contributed by atoms with Crippen LogP contribution in [0.4, 0.5) is 5.82 Å². The van der Waals surface area contributed by atoms with Crippen molar-refractivity contribution in [3.63, 3.8) is 0 Å². The predicted octanol–water partition coefficient (Wildman–Crippen LogP) is 0.536. The number of methoxy groups -OCH3 is 1. The Morgan fingerprint density at radius 1 is 1.24 bits per heavy atom. The van der Waals surface area contributed by atoms with E-state index < -0.39 is 0 Å². The lowest BCUT2D eigenvalue weighted by Gasteiger charge is -2.05. The van der Waals surface area contributed by atoms with Crippen LogP contribution in [0.2, 0.25) is 0 Å². The third-order valence-corrected chi connectivity index (χ3v) is 2.08. The Hall–Kier alpha value is -2.28. The molecule has 0 unspecified atom stereocenters. The third kappa shape index (κ3) is 2.45. The van der Waals surface area contributed by atoms with Crippen LogP contribution in [0.3, 0.4) is 0 Å². The van der Waals surface area contributed by atoms with Gasteiger partial charge in [0.05, 0.1) is 7.11 Å². The van der Waals surface area contributed by atoms with Crippen molar-refractivity contribution in [3.05, 3.63) is 24.2 Å². The molecule has 2 aromatic rings. The number of nitrogen functional groups attached to an aromatic ring is 1. The molecule has 0 fully saturated rings. The Bertz CT molecular complexity index is 530. The van der Waals surface area contributed by atoms with E-state index in [1.165, 1.54) is 13.4 Å². The average Bonchev–Trinajstić information content (AvgIpc) is 2.38. The summed E-state index contributed by atoms with van der Waals surface area (Å²) < 4.78 is 5.02. The minimum Gasteiger partial charge on any atom is -0.481 e. The highest BCUT2D eigenvalue weighted by atomic mass is 16.5. The van der Waals surface area contributed by atoms with Crippen LogP contribution in [-0.2, 0) is 0 Å². The first kappa shape index (κ1) is 11.2. The fraction of sp³-hybridized carbons (Fsp3) is 0.200. The highest BCUT2D eigenvalue weighted by Crippen LogP contribution is 2.17. The van der Waals surface area contributed by atoms with Gasteiger partial charge in [-0.05, 0) is 6.92 Å². The zero-order valence-electron chi connectivity index (χ0n) is 9.51. The Balaban J connectivity index is 2.47. The maximum atomic E-state index is 5.32. The molecule has 0 saturated heterocycles. The van der Waals surface area contributed by atoms with Crippen LogP contribution in [0.25, 0.3) is 11.5 Å². The number of nitrogens with two attached hydrogens (primary N) is 1. The monoisotopic (exact) mass is 232 g/mol. The second-order valence-electron chi connectivity index (χ2n) is 3.31. The van der Waals surface area contributed by atoms with E-state index in [-0.39, 0.29) is 0 Å². The molecule has 0 spiro atoms. The molecule has 2 rings (SSSR count). The van der Waals surface area contributed by atoms with Crippen molar-refractivity contribution in [2.75, 3.05) is 12.5 Å². The number of aryl methyl sites for hydroxylation is 1. The molecule has 0 aliphatic carbocycles. The van der Waals surface area contributed by atoms with Crippen molar-refractivity contribution in [2.45, 2.75) is 6.92 Å². The number of anilines is 1. The standard InChI is InChI=1S/C10H12N6O/c1-6-3-8(16-11)15-10(14-6)7-4-9(17-2)13-5-12-7/h3-5H,11H2,1-2H3,(H,14,15,16). The van der Waals surface area contributed by atoms with Crippen LogP contribution < -0.4 is 16.0 Å². The lowest BCUT2D eigenvalue weighted by molar-refractivity contribution is 0.397. The van der Waals surface area contributed by atoms with E-state index in [0.717, 1.165) is 5.69 Å². The van der Waals surface area contributed by atoms with Gasteiger partial charge in [0, 0.05) is 17.8 Å². The number of aromatic nitrogens is 4. The van der Waals surface area contributed by atoms with Crippen molar-refractivity contribution in [1.82, 2.24) is 19.9 Å². The molecule has 0 aliphatic rings. The highest BCUT2D eigenvalue weighted by Gasteiger charge is 2.07. The summed E-state index contributed by atoms with van der Waals surface area (Å²) in [6.45, 7) is 1.85. The van der Waals surface area contributed by atoms with Crippen LogP contribution in [0.15, 0.2) is 18.5 Å². The van der Waals surface area contributed by atoms with Crippen LogP contribution in [0.5, 0.6) is 5.88 Å². The van der Waals surface area contributed by atoms with E-state index in [4.69, 9.17) is 10.6 Å². The van der Waals surface area contributed by atoms with Crippen molar-refractivity contribution in [1.29, 1.82) is 0 Å². The van der Waals surface area contributed by atoms with Gasteiger partial charge in [-0.1, -0.05) is 0 Å². The molecule has 0 bridgehead atoms. The van der Waals surface area contributed by atoms with Gasteiger partial charge in [0.15, 0.2) is 5.82 Å². The summed E-state index contributed by atoms with van der Waals surface area (Å²) in [7, 11) is 1.54. The molecule has 2 aromatic heterocycles. The first-order valence-corrected chi connectivity index (χ1v) is 4.91. The van der Waals surface area contributed by atoms with E-state index in [9.17, 15) is 0 Å². The van der Waals surface area contributed by atoms with E-state index >= 15 is 0 Å². The van der Waals surface area contributed by atoms with E-state index in [0.29, 0.717) is 23.2 Å². The molecule has 7 heteroatoms. The van der Waals surface area contributed by atoms with Gasteiger partial charge >= 0.3 is 0 Å². The normalized spacial score (nSPS) is 10.1. The number of hydrazine groups is 1. The molecule has 0 atom stereocenters. The Kier molecular flexibility index (Phi) is 3.10. The van der Waals surface area contributed by atoms with Crippen molar-refractivity contribution in [3.8, 4) is 17.4 Å². The fourth-order valence-corrected chi connectivity index (χ4v) is 1.33. The second kappa shape index (κ2) is 4.71. The number of hydrogen-bond acceptors (Lipinski definition) is 7. The minimum atomic E-state index is 0.461. The predicted molar refractivity (Wildman–Crippen MR) is 62.2 cm³/mol. The summed E-state index contributed by atoms with van der Waals surface area (Å²) in [5.41, 5.74) is 3.85. The lowest BCUT2D eigenvalue weighted by atomic mass is 10.3. The van der Waals surface area contributed by atoms with E-state index in [2.05, 4.69) is 25.4 Å². The first-order chi connectivity index (χ1) is 8.22. The molecule has 0 saturated carbocycles. The summed E-state index contributed by atoms with van der Waals surface area (Å²) in [6.07, 6.45) is 1.40. The SMILES string of the molecule is COc1cc(-c2nc(C)cc(NN)n2)ncn1. The van der Waals surface area contributed by atoms with Gasteiger partial charge in [0.1, 0.15) is 17.8 Å². The largest absolute Gasteiger partial charge is 0.481 e. The number of hydrogen-bond donors (Lipinski definition) is 2. The van der Waals surface area contributed by atoms with Crippen LogP contribution in [-0.4, -0.2) is 27.0 Å². The average molecular weight is 232 g/mol. The molecule has 7 nitrogen and oxygen atoms in total. The number of rotatable bonds is 3. The van der Waals surface area contributed by atoms with Gasteiger partial charge in [-0.2, -0.15) is 0 Å². The fourth-order valence-electron chi connectivity index (χ4n) is 1.33. The first-order valence-electron chi connectivity index (χ1n) is 4.91. The molecule has 0 radical (unpaired) electrons. The summed E-state index contributed by atoms with van der Waals surface area (Å²) in [6, 6.07) is 3.40. The Morgan fingerprint density at radius 3 is 2.76 bits per heavy atom. The van der Waals surface area contributed by atoms with Crippen molar-refractivity contribution in [2.24, 2.45) is 5.84 Å². The second-order valence-corrected chi connectivity index (χ2v) is 3.31. The van der Waals surface area contributed by atoms with E-state index in [1.807, 2.05) is 6.92 Å². The molecule has 0 amide bonds. The van der Waals surface area contributed by atoms with E-state index in [1.54, 1.807) is 12.1 Å². The summed E-state index contributed by atoms with van der Waals surface area (Å²) in [5.74, 6) is 6.79. The molecule has 0 aromatic carbocycles. The molecule has 17 heavy (non-hydrogen) atoms. The third-order valence-electron chi connectivity index (χ3n) is 2.08. The summed E-state index contributed by atoms with van der Waals surface area (Å²) in [4.78, 5) is 16.5. The maximum Gasteiger partial charge on any atom is 0.216 e. The molecular weight excluding hydrogens is 220 g/mol. The molecular formula is C10H12N6O. The van der Waals surface area contributed by atoms with Gasteiger partial charge in [-0.15, -0.1) is 0 Å². The molecule has 0 aliphatic heterocycles. The maximum absolute atomic E-state index is 5.32. The Morgan fingerprint density at radius 2 is 2.06 bits per heavy atom. The van der Waals surface area contributed by atoms with Gasteiger partial charge in [0.2, 0.25) is 5.88 Å². The lowest BCUT2D eigenvalue weighted by Crippen LogP contribution is -2.10. The minimum absolute atomic E-state index is 0.461. The van der Waals surface area contributed by atoms with Crippen molar-refractivity contribution < 1.29 is 4.74 Å². The smallest absolute Gasteiger partial charge is 0.216 e. The zero-order valence-corrected chi connectivity index (χ0v) is 9.51. The Labute approximate surface area is 98.1 Å². The summed E-state index contributed by atoms with van der Waals surface area (Å²) in [5, 5.41) is 0. The molecule has 3 N–H and O–H groups in total. The molecule has 88 valence electrons. The number of ether oxygens (including phenoxy) is 1. The van der Waals surface area contributed by atoms with Crippen LogP contribution >= 0.6 is 0 Å². The quantitative estimate of drug-likeness (QED) is 0.588. The summed E-state index contributed by atoms with van der Waals surface area (Å²) >= 11 is 0. The van der Waals surface area contributed by atoms with Gasteiger partial charge < -0.3 is 10.2 Å². The number of nitrogens with one attached hydrogen (secondary N) is 1. The number of nitrogens with zero attached hydrogens (tertiary/aromatic N) is 4. The highest BCUT2D eigenvalue weighted by molar-refractivity contribution is 5.53. The van der Waals surface area contributed by atoms with Gasteiger partial charge in [-0.25, -0.2) is 25.8 Å². The van der Waals surface area contributed by atoms with Crippen LogP contribution in [0, 0.1) is 6.92 Å². The van der Waals surface area contributed by atoms with Gasteiger partial charge in [0.25, 0.3) is 0 Å². The topological polar surface area (TPSA) is 98.8 Å². The van der Waals surface area contributed by atoms with Gasteiger partial charge in [-0.3, -0.25) is 0 Å². The zero-order chi connectivity index (χ0) is 12.3. The molecule has 2 heterocycles.